The second-order valence-corrected chi connectivity index (χ2v) is 5.57. The predicted octanol–water partition coefficient (Wildman–Crippen LogP) is 2.09. The largest absolute Gasteiger partial charge is 0.511 e. The minimum atomic E-state index is -1.42. The molecule has 0 aromatic heterocycles. The van der Waals surface area contributed by atoms with Crippen LogP contribution in [0.2, 0.25) is 0 Å². The minimum Gasteiger partial charge on any atom is -0.511 e. The molecule has 8 nitrogen and oxygen atoms in total. The van der Waals surface area contributed by atoms with Crippen LogP contribution in [-0.2, 0) is 25.5 Å². The second-order valence-electron chi connectivity index (χ2n) is 5.57. The molecule has 1 heterocycles. The number of nitro groups is 1. The highest BCUT2D eigenvalue weighted by Crippen LogP contribution is 2.27. The average molecular weight is 321 g/mol. The summed E-state index contributed by atoms with van der Waals surface area (Å²) in [5.41, 5.74) is 0.0320. The molecule has 23 heavy (non-hydrogen) atoms. The molecule has 1 aliphatic rings. The monoisotopic (exact) mass is 321 g/mol. The van der Waals surface area contributed by atoms with Gasteiger partial charge in [0.25, 0.3) is 11.5 Å². The number of esters is 2. The van der Waals surface area contributed by atoms with Crippen molar-refractivity contribution in [2.24, 2.45) is 0 Å². The molecule has 122 valence electrons. The number of benzene rings is 1. The van der Waals surface area contributed by atoms with E-state index in [2.05, 4.69) is 0 Å². The zero-order chi connectivity index (χ0) is 17.4. The van der Waals surface area contributed by atoms with Gasteiger partial charge in [-0.15, -0.1) is 0 Å². The summed E-state index contributed by atoms with van der Waals surface area (Å²) in [6.45, 7) is 4.48. The fraction of sp³-hybridized carbons (Fsp3) is 0.333. The van der Waals surface area contributed by atoms with Gasteiger partial charge in [0.2, 0.25) is 0 Å². The summed E-state index contributed by atoms with van der Waals surface area (Å²) >= 11 is 0. The van der Waals surface area contributed by atoms with Crippen LogP contribution in [0.4, 0.5) is 5.69 Å². The minimum absolute atomic E-state index is 0.172. The SMILES string of the molecule is Cc1ccc([N+](=O)[O-])c(CC(O)=C2C(=O)OC(C)(C)OC2=O)c1. The number of hydrogen-bond acceptors (Lipinski definition) is 7. The van der Waals surface area contributed by atoms with Crippen molar-refractivity contribution in [2.75, 3.05) is 0 Å². The number of nitro benzene ring substituents is 1. The maximum absolute atomic E-state index is 11.9. The zero-order valence-corrected chi connectivity index (χ0v) is 12.8. The molecule has 8 heteroatoms. The highest BCUT2D eigenvalue weighted by atomic mass is 16.7. The van der Waals surface area contributed by atoms with Crippen molar-refractivity contribution in [3.8, 4) is 0 Å². The van der Waals surface area contributed by atoms with Gasteiger partial charge < -0.3 is 14.6 Å². The lowest BCUT2D eigenvalue weighted by Crippen LogP contribution is -2.42. The Hall–Kier alpha value is -2.90. The third-order valence-electron chi connectivity index (χ3n) is 3.16. The number of ether oxygens (including phenoxy) is 2. The van der Waals surface area contributed by atoms with E-state index in [-0.39, 0.29) is 17.7 Å². The summed E-state index contributed by atoms with van der Waals surface area (Å²) in [5, 5.41) is 21.1. The Labute approximate surface area is 131 Å². The molecule has 0 atom stereocenters. The van der Waals surface area contributed by atoms with Crippen molar-refractivity contribution in [3.63, 3.8) is 0 Å². The average Bonchev–Trinajstić information content (AvgIpc) is 2.35. The Balaban J connectivity index is 2.40. The molecule has 0 saturated carbocycles. The fourth-order valence-corrected chi connectivity index (χ4v) is 2.19. The van der Waals surface area contributed by atoms with Crippen molar-refractivity contribution >= 4 is 17.6 Å². The zero-order valence-electron chi connectivity index (χ0n) is 12.8. The van der Waals surface area contributed by atoms with Crippen molar-refractivity contribution in [2.45, 2.75) is 33.0 Å². The lowest BCUT2D eigenvalue weighted by atomic mass is 10.0. The molecule has 1 saturated heterocycles. The number of aliphatic hydroxyl groups excluding tert-OH is 1. The number of allylic oxidation sites excluding steroid dienone is 1. The molecule has 0 aliphatic carbocycles. The predicted molar refractivity (Wildman–Crippen MR) is 77.5 cm³/mol. The van der Waals surface area contributed by atoms with Gasteiger partial charge in [0, 0.05) is 31.9 Å². The van der Waals surface area contributed by atoms with E-state index in [9.17, 15) is 24.8 Å². The van der Waals surface area contributed by atoms with E-state index in [1.54, 1.807) is 13.0 Å². The topological polar surface area (TPSA) is 116 Å². The number of carbonyl (C=O) groups excluding carboxylic acids is 2. The second kappa shape index (κ2) is 5.71. The highest BCUT2D eigenvalue weighted by molar-refractivity contribution is 6.15. The molecule has 1 aliphatic heterocycles. The maximum atomic E-state index is 11.9. The van der Waals surface area contributed by atoms with E-state index in [1.807, 2.05) is 0 Å². The molecular formula is C15H15NO7. The number of cyclic esters (lactones) is 2. The summed E-state index contributed by atoms with van der Waals surface area (Å²) in [5.74, 6) is -4.12. The van der Waals surface area contributed by atoms with E-state index < -0.39 is 34.0 Å². The van der Waals surface area contributed by atoms with Gasteiger partial charge in [0.15, 0.2) is 5.57 Å². The van der Waals surface area contributed by atoms with Crippen molar-refractivity contribution in [1.82, 2.24) is 0 Å². The smallest absolute Gasteiger partial charge is 0.352 e. The summed E-state index contributed by atoms with van der Waals surface area (Å²) in [7, 11) is 0. The van der Waals surface area contributed by atoms with Crippen LogP contribution in [0.15, 0.2) is 29.5 Å². The van der Waals surface area contributed by atoms with Crippen LogP contribution in [0, 0.1) is 17.0 Å². The first-order chi connectivity index (χ1) is 10.6. The van der Waals surface area contributed by atoms with E-state index in [0.29, 0.717) is 0 Å². The van der Waals surface area contributed by atoms with Crippen molar-refractivity contribution in [1.29, 1.82) is 0 Å². The van der Waals surface area contributed by atoms with Crippen LogP contribution in [-0.4, -0.2) is 27.8 Å². The van der Waals surface area contributed by atoms with Crippen LogP contribution in [0.3, 0.4) is 0 Å². The molecule has 0 radical (unpaired) electrons. The Bertz CT molecular complexity index is 711. The standard InChI is InChI=1S/C15H15NO7/c1-8-4-5-10(16(20)21)9(6-8)7-11(17)12-13(18)22-15(2,3)23-14(12)19/h4-6,17H,7H2,1-3H3. The van der Waals surface area contributed by atoms with Crippen LogP contribution < -0.4 is 0 Å². The number of nitrogens with zero attached hydrogens (tertiary/aromatic N) is 1. The molecule has 1 fully saturated rings. The molecule has 0 amide bonds. The first kappa shape index (κ1) is 16.5. The Morgan fingerprint density at radius 1 is 1.26 bits per heavy atom. The number of aliphatic hydroxyl groups is 1. The summed E-state index contributed by atoms with van der Waals surface area (Å²) < 4.78 is 9.77. The van der Waals surface area contributed by atoms with E-state index in [0.717, 1.165) is 5.56 Å². The van der Waals surface area contributed by atoms with E-state index in [4.69, 9.17) is 9.47 Å². The maximum Gasteiger partial charge on any atom is 0.352 e. The lowest BCUT2D eigenvalue weighted by Gasteiger charge is -2.30. The highest BCUT2D eigenvalue weighted by Gasteiger charge is 2.41. The quantitative estimate of drug-likeness (QED) is 0.226. The van der Waals surface area contributed by atoms with Gasteiger partial charge in [-0.1, -0.05) is 11.6 Å². The summed E-state index contributed by atoms with van der Waals surface area (Å²) in [6.07, 6.45) is -0.363. The Morgan fingerprint density at radius 3 is 2.35 bits per heavy atom. The van der Waals surface area contributed by atoms with Crippen LogP contribution in [0.25, 0.3) is 0 Å². The summed E-state index contributed by atoms with van der Waals surface area (Å²) in [6, 6.07) is 4.35. The third-order valence-corrected chi connectivity index (χ3v) is 3.16. The van der Waals surface area contributed by atoms with Crippen LogP contribution in [0.1, 0.15) is 25.0 Å². The lowest BCUT2D eigenvalue weighted by molar-refractivity contribution is -0.385. The summed E-state index contributed by atoms with van der Waals surface area (Å²) in [4.78, 5) is 34.2. The molecule has 0 spiro atoms. The molecule has 1 aromatic carbocycles. The van der Waals surface area contributed by atoms with Gasteiger partial charge in [-0.3, -0.25) is 10.1 Å². The number of rotatable bonds is 3. The Kier molecular flexibility index (Phi) is 4.09. The number of aryl methyl sites for hydroxylation is 1. The molecule has 0 unspecified atom stereocenters. The van der Waals surface area contributed by atoms with Crippen LogP contribution in [0.5, 0.6) is 0 Å². The Morgan fingerprint density at radius 2 is 1.83 bits per heavy atom. The third kappa shape index (κ3) is 3.47. The van der Waals surface area contributed by atoms with Gasteiger partial charge in [-0.25, -0.2) is 9.59 Å². The van der Waals surface area contributed by atoms with Crippen molar-refractivity contribution in [3.05, 3.63) is 50.8 Å². The molecule has 2 rings (SSSR count). The van der Waals surface area contributed by atoms with E-state index >= 15 is 0 Å². The van der Waals surface area contributed by atoms with Crippen LogP contribution >= 0.6 is 0 Å². The van der Waals surface area contributed by atoms with Gasteiger partial charge >= 0.3 is 11.9 Å². The van der Waals surface area contributed by atoms with E-state index in [1.165, 1.54) is 26.0 Å². The van der Waals surface area contributed by atoms with Crippen molar-refractivity contribution < 1.29 is 29.1 Å². The first-order valence-electron chi connectivity index (χ1n) is 6.73. The fourth-order valence-electron chi connectivity index (χ4n) is 2.19. The van der Waals surface area contributed by atoms with Gasteiger partial charge in [-0.2, -0.15) is 0 Å². The normalized spacial score (nSPS) is 16.6. The first-order valence-corrected chi connectivity index (χ1v) is 6.73. The number of hydrogen-bond donors (Lipinski definition) is 1. The van der Waals surface area contributed by atoms with Gasteiger partial charge in [0.1, 0.15) is 5.76 Å². The number of carbonyl (C=O) groups is 2. The molecule has 1 N–H and O–H groups in total. The molecule has 1 aromatic rings. The molecular weight excluding hydrogens is 306 g/mol. The van der Waals surface area contributed by atoms with Gasteiger partial charge in [-0.05, 0) is 13.0 Å². The van der Waals surface area contributed by atoms with Gasteiger partial charge in [0.05, 0.1) is 4.92 Å². The molecule has 0 bridgehead atoms.